The van der Waals surface area contributed by atoms with Crippen LogP contribution in [0.4, 0.5) is 9.80 Å². The van der Waals surface area contributed by atoms with E-state index < -0.39 is 11.7 Å². The van der Waals surface area contributed by atoms with Gasteiger partial charge in [0.15, 0.2) is 5.78 Å². The molecule has 2 aromatic rings. The van der Waals surface area contributed by atoms with E-state index in [1.165, 1.54) is 11.3 Å². The summed E-state index contributed by atoms with van der Waals surface area (Å²) in [6, 6.07) is 8.72. The molecule has 0 radical (unpaired) electrons. The maximum atomic E-state index is 12.8. The second kappa shape index (κ2) is 7.70. The molecular weight excluding hydrogens is 338 g/mol. The third kappa shape index (κ3) is 5.06. The van der Waals surface area contributed by atoms with Gasteiger partial charge in [0.1, 0.15) is 16.4 Å². The van der Waals surface area contributed by atoms with E-state index in [1.54, 1.807) is 52.1 Å². The van der Waals surface area contributed by atoms with Gasteiger partial charge in [-0.25, -0.2) is 4.79 Å². The molecule has 0 bridgehead atoms. The number of hydrogen-bond acceptors (Lipinski definition) is 5. The third-order valence-corrected chi connectivity index (χ3v) is 4.54. The standard InChI is InChI=1S/C19H23NO4S/c1-6-14-11-15(16(21)12-7-9-13(23-5)10-8-12)17(25-14)20-18(22)24-19(2,3)4/h7-11H,6H2,1-5H3,(H,20,22). The van der Waals surface area contributed by atoms with Crippen molar-refractivity contribution in [2.24, 2.45) is 0 Å². The lowest BCUT2D eigenvalue weighted by molar-refractivity contribution is 0.0636. The van der Waals surface area contributed by atoms with Gasteiger partial charge in [0.25, 0.3) is 0 Å². The van der Waals surface area contributed by atoms with Gasteiger partial charge in [0.05, 0.1) is 12.7 Å². The Morgan fingerprint density at radius 3 is 2.32 bits per heavy atom. The number of nitrogens with one attached hydrogen (secondary N) is 1. The van der Waals surface area contributed by atoms with Crippen molar-refractivity contribution in [1.29, 1.82) is 0 Å². The van der Waals surface area contributed by atoms with Gasteiger partial charge < -0.3 is 9.47 Å². The molecule has 0 saturated heterocycles. The molecule has 134 valence electrons. The van der Waals surface area contributed by atoms with Gasteiger partial charge in [-0.3, -0.25) is 10.1 Å². The van der Waals surface area contributed by atoms with Crippen molar-refractivity contribution in [3.05, 3.63) is 46.3 Å². The van der Waals surface area contributed by atoms with Crippen LogP contribution >= 0.6 is 11.3 Å². The molecule has 1 N–H and O–H groups in total. The molecule has 1 aromatic carbocycles. The number of aryl methyl sites for hydroxylation is 1. The Balaban J connectivity index is 2.28. The van der Waals surface area contributed by atoms with Gasteiger partial charge in [-0.1, -0.05) is 6.92 Å². The van der Waals surface area contributed by atoms with Crippen LogP contribution < -0.4 is 10.1 Å². The number of benzene rings is 1. The van der Waals surface area contributed by atoms with Gasteiger partial charge in [-0.15, -0.1) is 11.3 Å². The second-order valence-corrected chi connectivity index (χ2v) is 7.63. The molecule has 5 nitrogen and oxygen atoms in total. The molecule has 25 heavy (non-hydrogen) atoms. The molecular formula is C19H23NO4S. The zero-order chi connectivity index (χ0) is 18.6. The summed E-state index contributed by atoms with van der Waals surface area (Å²) in [5, 5.41) is 3.21. The van der Waals surface area contributed by atoms with Crippen molar-refractivity contribution in [1.82, 2.24) is 0 Å². The summed E-state index contributed by atoms with van der Waals surface area (Å²) >= 11 is 1.39. The fraction of sp³-hybridized carbons (Fsp3) is 0.368. The summed E-state index contributed by atoms with van der Waals surface area (Å²) in [6.45, 7) is 7.39. The molecule has 0 spiro atoms. The maximum Gasteiger partial charge on any atom is 0.412 e. The van der Waals surface area contributed by atoms with Crippen LogP contribution in [-0.4, -0.2) is 24.6 Å². The van der Waals surface area contributed by atoms with Gasteiger partial charge >= 0.3 is 6.09 Å². The average Bonchev–Trinajstić information content (AvgIpc) is 2.95. The van der Waals surface area contributed by atoms with Crippen molar-refractivity contribution < 1.29 is 19.1 Å². The lowest BCUT2D eigenvalue weighted by atomic mass is 10.0. The predicted octanol–water partition coefficient (Wildman–Crippen LogP) is 4.90. The van der Waals surface area contributed by atoms with Crippen molar-refractivity contribution in [3.8, 4) is 5.75 Å². The molecule has 0 unspecified atom stereocenters. The highest BCUT2D eigenvalue weighted by Crippen LogP contribution is 2.31. The van der Waals surface area contributed by atoms with Gasteiger partial charge in [0, 0.05) is 10.4 Å². The van der Waals surface area contributed by atoms with E-state index in [0.717, 1.165) is 11.3 Å². The SMILES string of the molecule is CCc1cc(C(=O)c2ccc(OC)cc2)c(NC(=O)OC(C)(C)C)s1. The zero-order valence-corrected chi connectivity index (χ0v) is 16.0. The largest absolute Gasteiger partial charge is 0.497 e. The minimum atomic E-state index is -0.602. The first-order chi connectivity index (χ1) is 11.7. The molecule has 0 atom stereocenters. The van der Waals surface area contributed by atoms with E-state index in [0.29, 0.717) is 21.9 Å². The minimum absolute atomic E-state index is 0.148. The molecule has 0 fully saturated rings. The Labute approximate surface area is 152 Å². The van der Waals surface area contributed by atoms with E-state index in [-0.39, 0.29) is 5.78 Å². The number of rotatable bonds is 5. The molecule has 0 aliphatic carbocycles. The monoisotopic (exact) mass is 361 g/mol. The quantitative estimate of drug-likeness (QED) is 0.770. The number of ether oxygens (including phenoxy) is 2. The lowest BCUT2D eigenvalue weighted by Crippen LogP contribution is -2.27. The van der Waals surface area contributed by atoms with Gasteiger partial charge in [0.2, 0.25) is 0 Å². The topological polar surface area (TPSA) is 64.6 Å². The molecule has 1 amide bonds. The molecule has 1 aromatic heterocycles. The molecule has 0 aliphatic heterocycles. The number of carbonyl (C=O) groups is 2. The zero-order valence-electron chi connectivity index (χ0n) is 15.1. The van der Waals surface area contributed by atoms with E-state index in [9.17, 15) is 9.59 Å². The van der Waals surface area contributed by atoms with Crippen LogP contribution in [0, 0.1) is 0 Å². The Morgan fingerprint density at radius 2 is 1.80 bits per heavy atom. The fourth-order valence-electron chi connectivity index (χ4n) is 2.17. The van der Waals surface area contributed by atoms with Gasteiger partial charge in [-0.05, 0) is 57.5 Å². The Bertz CT molecular complexity index is 757. The molecule has 0 saturated carbocycles. The van der Waals surface area contributed by atoms with Crippen molar-refractivity contribution in [2.75, 3.05) is 12.4 Å². The Kier molecular flexibility index (Phi) is 5.85. The fourth-order valence-corrected chi connectivity index (χ4v) is 3.15. The van der Waals surface area contributed by atoms with Crippen molar-refractivity contribution in [3.63, 3.8) is 0 Å². The van der Waals surface area contributed by atoms with E-state index in [2.05, 4.69) is 5.32 Å². The van der Waals surface area contributed by atoms with Gasteiger partial charge in [-0.2, -0.15) is 0 Å². The van der Waals surface area contributed by atoms with Crippen molar-refractivity contribution in [2.45, 2.75) is 39.7 Å². The average molecular weight is 361 g/mol. The molecule has 6 heteroatoms. The van der Waals surface area contributed by atoms with Crippen LogP contribution in [-0.2, 0) is 11.2 Å². The predicted molar refractivity (Wildman–Crippen MR) is 100.0 cm³/mol. The summed E-state index contributed by atoms with van der Waals surface area (Å²) in [5.74, 6) is 0.535. The number of anilines is 1. The number of thiophene rings is 1. The van der Waals surface area contributed by atoms with Crippen LogP contribution in [0.5, 0.6) is 5.75 Å². The number of ketones is 1. The van der Waals surface area contributed by atoms with Crippen molar-refractivity contribution >= 4 is 28.2 Å². The van der Waals surface area contributed by atoms with E-state index in [4.69, 9.17) is 9.47 Å². The smallest absolute Gasteiger partial charge is 0.412 e. The first kappa shape index (κ1) is 19.0. The number of amides is 1. The van der Waals surface area contributed by atoms with Crippen LogP contribution in [0.3, 0.4) is 0 Å². The lowest BCUT2D eigenvalue weighted by Gasteiger charge is -2.19. The number of carbonyl (C=O) groups excluding carboxylic acids is 2. The first-order valence-electron chi connectivity index (χ1n) is 8.05. The number of methoxy groups -OCH3 is 1. The summed E-state index contributed by atoms with van der Waals surface area (Å²) in [5.41, 5.74) is 0.404. The highest BCUT2D eigenvalue weighted by Gasteiger charge is 2.22. The molecule has 1 heterocycles. The van der Waals surface area contributed by atoms with Crippen LogP contribution in [0.2, 0.25) is 0 Å². The minimum Gasteiger partial charge on any atom is -0.497 e. The first-order valence-corrected chi connectivity index (χ1v) is 8.86. The summed E-state index contributed by atoms with van der Waals surface area (Å²) in [4.78, 5) is 25.9. The summed E-state index contributed by atoms with van der Waals surface area (Å²) < 4.78 is 10.4. The number of hydrogen-bond donors (Lipinski definition) is 1. The van der Waals surface area contributed by atoms with Crippen LogP contribution in [0.1, 0.15) is 48.5 Å². The second-order valence-electron chi connectivity index (χ2n) is 6.49. The summed E-state index contributed by atoms with van der Waals surface area (Å²) in [6.07, 6.45) is 0.213. The third-order valence-electron chi connectivity index (χ3n) is 3.34. The Hall–Kier alpha value is -2.34. The molecule has 2 rings (SSSR count). The summed E-state index contributed by atoms with van der Waals surface area (Å²) in [7, 11) is 1.58. The highest BCUT2D eigenvalue weighted by molar-refractivity contribution is 7.16. The van der Waals surface area contributed by atoms with E-state index in [1.807, 2.05) is 13.0 Å². The normalized spacial score (nSPS) is 11.1. The van der Waals surface area contributed by atoms with Crippen LogP contribution in [0.15, 0.2) is 30.3 Å². The maximum absolute atomic E-state index is 12.8. The van der Waals surface area contributed by atoms with E-state index >= 15 is 0 Å². The van der Waals surface area contributed by atoms with Crippen LogP contribution in [0.25, 0.3) is 0 Å². The Morgan fingerprint density at radius 1 is 1.16 bits per heavy atom. The highest BCUT2D eigenvalue weighted by atomic mass is 32.1. The molecule has 0 aliphatic rings.